The summed E-state index contributed by atoms with van der Waals surface area (Å²) in [6, 6.07) is 0.868. The number of nitrogens with one attached hydrogen (secondary N) is 1. The van der Waals surface area contributed by atoms with Crippen LogP contribution in [-0.2, 0) is 16.9 Å². The lowest BCUT2D eigenvalue weighted by atomic mass is 9.75. The van der Waals surface area contributed by atoms with E-state index in [1.165, 1.54) is 6.42 Å². The van der Waals surface area contributed by atoms with Crippen LogP contribution in [0.4, 0.5) is 0 Å². The second kappa shape index (κ2) is 6.85. The Bertz CT molecular complexity index is 694. The predicted octanol–water partition coefficient (Wildman–Crippen LogP) is 1.42. The van der Waals surface area contributed by atoms with E-state index >= 15 is 0 Å². The van der Waals surface area contributed by atoms with Crippen molar-refractivity contribution in [3.8, 4) is 0 Å². The minimum Gasteiger partial charge on any atom is -0.383 e. The molecule has 1 amide bonds. The van der Waals surface area contributed by atoms with Gasteiger partial charge in [0.05, 0.1) is 18.7 Å². The predicted molar refractivity (Wildman–Crippen MR) is 99.7 cm³/mol. The first kappa shape index (κ1) is 17.6. The maximum atomic E-state index is 12.5. The topological polar surface area (TPSA) is 83.3 Å². The number of aliphatic hydroxyl groups is 1. The zero-order valence-corrected chi connectivity index (χ0v) is 16.0. The highest BCUT2D eigenvalue weighted by molar-refractivity contribution is 5.80. The van der Waals surface area contributed by atoms with Crippen LogP contribution in [0, 0.1) is 11.8 Å². The highest BCUT2D eigenvalue weighted by Gasteiger charge is 2.44. The smallest absolute Gasteiger partial charge is 0.224 e. The molecule has 6 rings (SSSR count). The molecule has 7 nitrogen and oxygen atoms in total. The maximum Gasteiger partial charge on any atom is 0.224 e. The van der Waals surface area contributed by atoms with Crippen LogP contribution in [0.5, 0.6) is 0 Å². The molecule has 3 saturated heterocycles. The Balaban J connectivity index is 1.22. The second-order valence-corrected chi connectivity index (χ2v) is 9.24. The summed E-state index contributed by atoms with van der Waals surface area (Å²) in [6.45, 7) is 2.75. The number of fused-ring (bicyclic) bond motifs is 3. The van der Waals surface area contributed by atoms with E-state index in [9.17, 15) is 9.90 Å². The fourth-order valence-corrected chi connectivity index (χ4v) is 5.37. The van der Waals surface area contributed by atoms with Crippen molar-refractivity contribution in [2.24, 2.45) is 11.8 Å². The fourth-order valence-electron chi connectivity index (χ4n) is 5.37. The van der Waals surface area contributed by atoms with Crippen molar-refractivity contribution in [3.05, 3.63) is 11.9 Å². The van der Waals surface area contributed by atoms with Gasteiger partial charge in [-0.15, -0.1) is 5.10 Å². The van der Waals surface area contributed by atoms with Gasteiger partial charge in [0.25, 0.3) is 0 Å². The fraction of sp³-hybridized carbons (Fsp3) is 0.850. The van der Waals surface area contributed by atoms with Crippen LogP contribution in [0.3, 0.4) is 0 Å². The molecule has 0 radical (unpaired) electrons. The van der Waals surface area contributed by atoms with Gasteiger partial charge in [0.1, 0.15) is 11.3 Å². The average Bonchev–Trinajstić information content (AvgIpc) is 3.37. The molecule has 1 aromatic heterocycles. The van der Waals surface area contributed by atoms with Crippen molar-refractivity contribution in [1.29, 1.82) is 0 Å². The van der Waals surface area contributed by atoms with E-state index in [0.717, 1.165) is 76.7 Å². The molecule has 0 aromatic carbocycles. The van der Waals surface area contributed by atoms with Crippen LogP contribution in [0.15, 0.2) is 6.20 Å². The van der Waals surface area contributed by atoms with E-state index in [-0.39, 0.29) is 11.8 Å². The van der Waals surface area contributed by atoms with Gasteiger partial charge in [-0.05, 0) is 51.0 Å². The molecule has 4 atom stereocenters. The van der Waals surface area contributed by atoms with Gasteiger partial charge >= 0.3 is 0 Å². The normalized spacial score (nSPS) is 35.1. The van der Waals surface area contributed by atoms with Gasteiger partial charge < -0.3 is 10.4 Å². The van der Waals surface area contributed by atoms with E-state index in [1.807, 2.05) is 10.9 Å². The number of rotatable bonds is 5. The molecule has 148 valence electrons. The quantitative estimate of drug-likeness (QED) is 0.816. The van der Waals surface area contributed by atoms with E-state index in [0.29, 0.717) is 18.0 Å². The average molecular weight is 374 g/mol. The first-order valence-corrected chi connectivity index (χ1v) is 10.8. The second-order valence-electron chi connectivity index (χ2n) is 9.24. The van der Waals surface area contributed by atoms with Crippen LogP contribution in [0.1, 0.15) is 63.5 Å². The van der Waals surface area contributed by atoms with Crippen LogP contribution in [0.2, 0.25) is 0 Å². The Morgan fingerprint density at radius 3 is 2.78 bits per heavy atom. The molecule has 2 saturated carbocycles. The molecule has 4 heterocycles. The van der Waals surface area contributed by atoms with Gasteiger partial charge in [0, 0.05) is 18.6 Å². The third-order valence-electron chi connectivity index (χ3n) is 7.23. The largest absolute Gasteiger partial charge is 0.383 e. The van der Waals surface area contributed by atoms with Crippen molar-refractivity contribution in [2.45, 2.75) is 82.0 Å². The van der Waals surface area contributed by atoms with Gasteiger partial charge in [-0.2, -0.15) is 0 Å². The molecule has 2 bridgehead atoms. The van der Waals surface area contributed by atoms with Crippen molar-refractivity contribution in [2.75, 3.05) is 13.1 Å². The zero-order valence-electron chi connectivity index (χ0n) is 16.0. The zero-order chi connectivity index (χ0) is 18.4. The van der Waals surface area contributed by atoms with E-state index in [4.69, 9.17) is 0 Å². The number of piperidine rings is 3. The molecule has 2 N–H and O–H groups in total. The van der Waals surface area contributed by atoms with Gasteiger partial charge in [-0.1, -0.05) is 24.5 Å². The van der Waals surface area contributed by atoms with Crippen molar-refractivity contribution >= 4 is 5.91 Å². The molecular weight excluding hydrogens is 342 g/mol. The minimum absolute atomic E-state index is 0.157. The Hall–Kier alpha value is -1.47. The Labute approximate surface area is 160 Å². The number of nitrogens with zero attached hydrogens (tertiary/aromatic N) is 4. The number of carbonyl (C=O) groups excluding carboxylic acids is 1. The molecular formula is C20H31N5O2. The molecule has 2 aliphatic carbocycles. The summed E-state index contributed by atoms with van der Waals surface area (Å²) in [5.41, 5.74) is -0.0474. The van der Waals surface area contributed by atoms with E-state index in [2.05, 4.69) is 20.5 Å². The van der Waals surface area contributed by atoms with Crippen molar-refractivity contribution in [1.82, 2.24) is 25.2 Å². The number of amides is 1. The third kappa shape index (κ3) is 3.51. The summed E-state index contributed by atoms with van der Waals surface area (Å²) < 4.78 is 1.91. The van der Waals surface area contributed by atoms with E-state index in [1.54, 1.807) is 0 Å². The number of aromatic nitrogens is 3. The van der Waals surface area contributed by atoms with Crippen LogP contribution in [0.25, 0.3) is 0 Å². The first-order valence-electron chi connectivity index (χ1n) is 10.8. The molecule has 5 fully saturated rings. The van der Waals surface area contributed by atoms with Crippen molar-refractivity contribution in [3.63, 3.8) is 0 Å². The SMILES string of the molecule is O=C(NC1CC1)[C@H]1CN2CC[C@@H]1C[C@@H]2Cn1cc(C2(O)CCCCC2)nn1. The monoisotopic (exact) mass is 373 g/mol. The van der Waals surface area contributed by atoms with Crippen LogP contribution >= 0.6 is 0 Å². The van der Waals surface area contributed by atoms with Gasteiger partial charge in [0.15, 0.2) is 0 Å². The lowest BCUT2D eigenvalue weighted by Crippen LogP contribution is -2.58. The first-order chi connectivity index (χ1) is 13.1. The molecule has 27 heavy (non-hydrogen) atoms. The highest BCUT2D eigenvalue weighted by Crippen LogP contribution is 2.38. The molecule has 1 aromatic rings. The molecule has 1 unspecified atom stereocenters. The number of hydrogen-bond donors (Lipinski definition) is 2. The maximum absolute atomic E-state index is 12.5. The summed E-state index contributed by atoms with van der Waals surface area (Å²) in [5, 5.41) is 22.7. The van der Waals surface area contributed by atoms with Crippen molar-refractivity contribution < 1.29 is 9.90 Å². The summed E-state index contributed by atoms with van der Waals surface area (Å²) in [4.78, 5) is 15.0. The Morgan fingerprint density at radius 1 is 1.26 bits per heavy atom. The molecule has 7 heteroatoms. The lowest BCUT2D eigenvalue weighted by molar-refractivity contribution is -0.133. The van der Waals surface area contributed by atoms with Gasteiger partial charge in [-0.3, -0.25) is 14.4 Å². The lowest BCUT2D eigenvalue weighted by Gasteiger charge is -2.49. The Kier molecular flexibility index (Phi) is 4.47. The summed E-state index contributed by atoms with van der Waals surface area (Å²) in [7, 11) is 0. The van der Waals surface area contributed by atoms with Gasteiger partial charge in [-0.25, -0.2) is 0 Å². The van der Waals surface area contributed by atoms with Crippen LogP contribution < -0.4 is 5.32 Å². The summed E-state index contributed by atoms with van der Waals surface area (Å²) >= 11 is 0. The van der Waals surface area contributed by atoms with Crippen LogP contribution in [-0.4, -0.2) is 56.1 Å². The Morgan fingerprint density at radius 2 is 2.07 bits per heavy atom. The molecule has 5 aliphatic rings. The molecule has 0 spiro atoms. The summed E-state index contributed by atoms with van der Waals surface area (Å²) in [6.07, 6.45) is 11.3. The highest BCUT2D eigenvalue weighted by atomic mass is 16.3. The number of hydrogen-bond acceptors (Lipinski definition) is 5. The van der Waals surface area contributed by atoms with E-state index < -0.39 is 5.60 Å². The van der Waals surface area contributed by atoms with Gasteiger partial charge in [0.2, 0.25) is 5.91 Å². The number of carbonyl (C=O) groups is 1. The molecule has 3 aliphatic heterocycles. The summed E-state index contributed by atoms with van der Waals surface area (Å²) in [5.74, 6) is 0.919. The third-order valence-corrected chi connectivity index (χ3v) is 7.23. The minimum atomic E-state index is -0.783. The standard InChI is InChI=1S/C20H31N5O2/c26-19(21-15-4-5-15)17-12-24-9-6-14(17)10-16(24)11-25-13-18(22-23-25)20(27)7-2-1-3-8-20/h13-17,27H,1-12H2,(H,21,26)/t14-,16-,17+/m1/s1.